The number of hydrogen-bond donors (Lipinski definition) is 5. The van der Waals surface area contributed by atoms with Crippen molar-refractivity contribution in [1.29, 1.82) is 0 Å². The predicted molar refractivity (Wildman–Crippen MR) is 237 cm³/mol. The molecule has 1 saturated heterocycles. The summed E-state index contributed by atoms with van der Waals surface area (Å²) in [7, 11) is 9.45. The van der Waals surface area contributed by atoms with Crippen LogP contribution in [0, 0.1) is 34.5 Å². The minimum atomic E-state index is -1.08. The van der Waals surface area contributed by atoms with E-state index < -0.39 is 36.0 Å². The Hall–Kier alpha value is -4.24. The molecule has 0 radical (unpaired) electrons. The predicted octanol–water partition coefficient (Wildman–Crippen LogP) is 5.17. The number of para-hydroxylation sites is 1. The zero-order chi connectivity index (χ0) is 45.1. The number of aliphatic hydroxyl groups excluding tert-OH is 1. The molecule has 6 rings (SSSR count). The summed E-state index contributed by atoms with van der Waals surface area (Å²) in [6.07, 6.45) is 0.530. The van der Waals surface area contributed by atoms with Gasteiger partial charge in [-0.25, -0.2) is 0 Å². The van der Waals surface area contributed by atoms with Crippen LogP contribution in [0.2, 0.25) is 0 Å². The van der Waals surface area contributed by atoms with Crippen molar-refractivity contribution < 1.29 is 39.0 Å². The molecule has 5 N–H and O–H groups in total. The zero-order valence-corrected chi connectivity index (χ0v) is 38.5. The van der Waals surface area contributed by atoms with E-state index in [1.165, 1.54) is 0 Å². The van der Waals surface area contributed by atoms with Gasteiger partial charge in [0, 0.05) is 74.0 Å². The molecule has 2 aromatic carbocycles. The molecule has 0 aromatic heterocycles. The molecule has 4 fully saturated rings. The standard InChI is InChI=1S/C47H72N6O8/c1-27-36-21-32(47(36,6)7)22-37(27)50-45(59)42-41(28(2)54)38(24-48-39(55)16-17-40(56)57)61-53(42)25-29-14-13-15-35(43(29)60-12)30-18-31(20-34(19-30)52(10)11)44(58)49-33(26-51(8)9)23-46(3,4)5/h13-15,18-20,27-28,32-33,36-38,41-42,54H,16-17,21-26H2,1-12H3,(H,48,55)(H,49,58)(H,50,59)(H,56,57)/t27-,28-,32+,33?,36-,37-,38-,41+,42-/m0/s1. The number of aliphatic hydroxyl groups is 1. The molecule has 9 atom stereocenters. The SMILES string of the molecule is COc1c(CN2O[C@@H](CNC(=O)CCC(=O)O)[C@@H]([C@H](C)O)[C@H]2C(=O)N[C@H]2C[C@H]3C[C@@H]([C@@H]2C)C3(C)C)cccc1-c1cc(C(=O)NC(CN(C)C)CC(C)(C)C)cc(N(C)C)c1. The molecule has 4 aliphatic rings. The van der Waals surface area contributed by atoms with Crippen molar-refractivity contribution in [1.82, 2.24) is 25.9 Å². The molecule has 61 heavy (non-hydrogen) atoms. The van der Waals surface area contributed by atoms with E-state index in [4.69, 9.17) is 14.7 Å². The third-order valence-electron chi connectivity index (χ3n) is 13.4. The van der Waals surface area contributed by atoms with Crippen molar-refractivity contribution in [2.24, 2.45) is 34.5 Å². The number of rotatable bonds is 18. The summed E-state index contributed by atoms with van der Waals surface area (Å²) in [5.74, 6) is -0.877. The fourth-order valence-corrected chi connectivity index (χ4v) is 10.1. The number of hydrogen-bond acceptors (Lipinski definition) is 10. The lowest BCUT2D eigenvalue weighted by Gasteiger charge is -2.62. The summed E-state index contributed by atoms with van der Waals surface area (Å²) in [6, 6.07) is 10.5. The van der Waals surface area contributed by atoms with E-state index in [0.29, 0.717) is 35.3 Å². The summed E-state index contributed by atoms with van der Waals surface area (Å²) >= 11 is 0. The first-order valence-electron chi connectivity index (χ1n) is 21.8. The van der Waals surface area contributed by atoms with Gasteiger partial charge < -0.3 is 40.7 Å². The van der Waals surface area contributed by atoms with Gasteiger partial charge >= 0.3 is 5.97 Å². The number of nitrogens with one attached hydrogen (secondary N) is 3. The van der Waals surface area contributed by atoms with Crippen LogP contribution in [0.5, 0.6) is 5.75 Å². The van der Waals surface area contributed by atoms with Crippen LogP contribution >= 0.6 is 0 Å². The number of carbonyl (C=O) groups excluding carboxylic acids is 3. The highest BCUT2D eigenvalue weighted by Crippen LogP contribution is 2.61. The van der Waals surface area contributed by atoms with Crippen LogP contribution in [-0.4, -0.2) is 123 Å². The molecular weight excluding hydrogens is 777 g/mol. The molecule has 338 valence electrons. The van der Waals surface area contributed by atoms with E-state index in [-0.39, 0.29) is 66.6 Å². The van der Waals surface area contributed by atoms with Crippen LogP contribution in [0.25, 0.3) is 11.1 Å². The third-order valence-corrected chi connectivity index (χ3v) is 13.4. The normalized spacial score (nSPS) is 25.6. The number of aliphatic carboxylic acids is 1. The minimum Gasteiger partial charge on any atom is -0.496 e. The topological polar surface area (TPSA) is 173 Å². The smallest absolute Gasteiger partial charge is 0.303 e. The Morgan fingerprint density at radius 3 is 2.33 bits per heavy atom. The van der Waals surface area contributed by atoms with Gasteiger partial charge in [0.1, 0.15) is 17.9 Å². The van der Waals surface area contributed by atoms with Crippen LogP contribution in [0.15, 0.2) is 36.4 Å². The fraction of sp³-hybridized carbons (Fsp3) is 0.660. The molecule has 0 spiro atoms. The Balaban J connectivity index is 1.48. The number of ether oxygens (including phenoxy) is 1. The Kier molecular flexibility index (Phi) is 15.2. The minimum absolute atomic E-state index is 0.00802. The second kappa shape index (κ2) is 19.4. The van der Waals surface area contributed by atoms with Crippen molar-refractivity contribution in [3.63, 3.8) is 0 Å². The molecule has 2 aromatic rings. The van der Waals surface area contributed by atoms with Gasteiger partial charge in [-0.2, -0.15) is 5.06 Å². The van der Waals surface area contributed by atoms with Gasteiger partial charge in [0.15, 0.2) is 0 Å². The fourth-order valence-electron chi connectivity index (χ4n) is 10.1. The quantitative estimate of drug-likeness (QED) is 0.134. The van der Waals surface area contributed by atoms with Crippen LogP contribution in [0.3, 0.4) is 0 Å². The van der Waals surface area contributed by atoms with Gasteiger partial charge in [-0.1, -0.05) is 59.7 Å². The second-order valence-corrected chi connectivity index (χ2v) is 20.1. The maximum Gasteiger partial charge on any atom is 0.303 e. The van der Waals surface area contributed by atoms with Gasteiger partial charge in [-0.15, -0.1) is 0 Å². The number of benzene rings is 2. The van der Waals surface area contributed by atoms with Crippen LogP contribution in [-0.2, 0) is 25.8 Å². The molecule has 1 unspecified atom stereocenters. The van der Waals surface area contributed by atoms with Gasteiger partial charge in [0.05, 0.1) is 26.2 Å². The number of anilines is 1. The van der Waals surface area contributed by atoms with E-state index >= 15 is 0 Å². The number of carboxylic acids is 1. The molecule has 3 aliphatic carbocycles. The maximum absolute atomic E-state index is 14.6. The lowest BCUT2D eigenvalue weighted by Crippen LogP contribution is -2.62. The van der Waals surface area contributed by atoms with E-state index in [2.05, 4.69) is 62.4 Å². The monoisotopic (exact) mass is 849 g/mol. The Labute approximate surface area is 363 Å². The molecule has 1 heterocycles. The van der Waals surface area contributed by atoms with E-state index in [9.17, 15) is 24.3 Å². The second-order valence-electron chi connectivity index (χ2n) is 20.1. The average molecular weight is 849 g/mol. The number of methoxy groups -OCH3 is 1. The number of nitrogens with zero attached hydrogens (tertiary/aromatic N) is 3. The largest absolute Gasteiger partial charge is 0.496 e. The third kappa shape index (κ3) is 11.4. The van der Waals surface area contributed by atoms with E-state index in [0.717, 1.165) is 36.1 Å². The summed E-state index contributed by atoms with van der Waals surface area (Å²) in [5.41, 5.74) is 3.80. The Bertz CT molecular complexity index is 1890. The molecule has 14 nitrogen and oxygen atoms in total. The zero-order valence-electron chi connectivity index (χ0n) is 38.5. The molecule has 2 bridgehead atoms. The summed E-state index contributed by atoms with van der Waals surface area (Å²) in [4.78, 5) is 63.0. The number of hydroxylamine groups is 2. The number of likely N-dealkylation sites (N-methyl/N-ethyl adjacent to an activating group) is 1. The van der Waals surface area contributed by atoms with Gasteiger partial charge in [-0.3, -0.25) is 24.0 Å². The van der Waals surface area contributed by atoms with Crippen molar-refractivity contribution in [3.05, 3.63) is 47.5 Å². The number of carbonyl (C=O) groups is 4. The lowest BCUT2D eigenvalue weighted by atomic mass is 9.45. The van der Waals surface area contributed by atoms with Crippen molar-refractivity contribution in [3.8, 4) is 16.9 Å². The average Bonchev–Trinajstić information content (AvgIpc) is 3.53. The maximum atomic E-state index is 14.6. The summed E-state index contributed by atoms with van der Waals surface area (Å²) < 4.78 is 6.14. The molecule has 1 aliphatic heterocycles. The summed E-state index contributed by atoms with van der Waals surface area (Å²) in [6.45, 7) is 15.7. The highest BCUT2D eigenvalue weighted by Gasteiger charge is 2.57. The van der Waals surface area contributed by atoms with Gasteiger partial charge in [-0.05, 0) is 92.6 Å². The van der Waals surface area contributed by atoms with Crippen molar-refractivity contribution in [2.45, 2.75) is 117 Å². The van der Waals surface area contributed by atoms with E-state index in [1.54, 1.807) is 19.1 Å². The first kappa shape index (κ1) is 47.8. The Morgan fingerprint density at radius 1 is 1.05 bits per heavy atom. The van der Waals surface area contributed by atoms with Gasteiger partial charge in [0.2, 0.25) is 11.8 Å². The number of amides is 3. The highest BCUT2D eigenvalue weighted by molar-refractivity contribution is 5.97. The first-order chi connectivity index (χ1) is 28.5. The summed E-state index contributed by atoms with van der Waals surface area (Å²) in [5, 5.41) is 31.4. The van der Waals surface area contributed by atoms with Crippen molar-refractivity contribution in [2.75, 3.05) is 53.3 Å². The van der Waals surface area contributed by atoms with Crippen LogP contribution < -0.4 is 25.6 Å². The first-order valence-corrected chi connectivity index (χ1v) is 21.8. The number of carboxylic acid groups (broad SMARTS) is 1. The molecule has 3 saturated carbocycles. The highest BCUT2D eigenvalue weighted by atomic mass is 16.7. The van der Waals surface area contributed by atoms with Crippen LogP contribution in [0.1, 0.15) is 96.5 Å². The Morgan fingerprint density at radius 2 is 1.75 bits per heavy atom. The lowest BCUT2D eigenvalue weighted by molar-refractivity contribution is -0.177. The van der Waals surface area contributed by atoms with E-state index in [1.807, 2.05) is 69.5 Å². The number of fused-ring (bicyclic) bond motifs is 2. The molecule has 3 amide bonds. The van der Waals surface area contributed by atoms with Gasteiger partial charge in [0.25, 0.3) is 5.91 Å². The van der Waals surface area contributed by atoms with Crippen LogP contribution in [0.4, 0.5) is 5.69 Å². The molecule has 14 heteroatoms. The van der Waals surface area contributed by atoms with Crippen molar-refractivity contribution >= 4 is 29.4 Å². The molecular formula is C47H72N6O8.